The molecule has 7 nitrogen and oxygen atoms in total. The molecule has 1 amide bonds. The van der Waals surface area contributed by atoms with E-state index in [0.29, 0.717) is 30.2 Å². The van der Waals surface area contributed by atoms with Crippen molar-refractivity contribution in [1.29, 1.82) is 0 Å². The Morgan fingerprint density at radius 2 is 2.19 bits per heavy atom. The van der Waals surface area contributed by atoms with E-state index in [4.69, 9.17) is 0 Å². The van der Waals surface area contributed by atoms with Gasteiger partial charge in [0.05, 0.1) is 12.2 Å². The van der Waals surface area contributed by atoms with Gasteiger partial charge >= 0.3 is 0 Å². The second-order valence-corrected chi connectivity index (χ2v) is 7.88. The number of anilines is 1. The zero-order valence-electron chi connectivity index (χ0n) is 11.8. The molecule has 0 aromatic carbocycles. The number of nitrogens with zero attached hydrogens (tertiary/aromatic N) is 2. The van der Waals surface area contributed by atoms with Crippen LogP contribution in [0.25, 0.3) is 0 Å². The zero-order chi connectivity index (χ0) is 15.6. The fraction of sp³-hybridized carbons (Fsp3) is 0.583. The topological polar surface area (TPSA) is 96.4 Å². The van der Waals surface area contributed by atoms with Crippen LogP contribution in [0.4, 0.5) is 5.13 Å². The third kappa shape index (κ3) is 4.08. The lowest BCUT2D eigenvalue weighted by molar-refractivity contribution is -0.120. The van der Waals surface area contributed by atoms with Gasteiger partial charge in [0.15, 0.2) is 10.9 Å². The van der Waals surface area contributed by atoms with Gasteiger partial charge in [-0.3, -0.25) is 9.59 Å². The molecule has 1 aromatic heterocycles. The summed E-state index contributed by atoms with van der Waals surface area (Å²) in [6, 6.07) is 0. The highest BCUT2D eigenvalue weighted by Gasteiger charge is 2.30. The number of hydrogen-bond donors (Lipinski definition) is 1. The summed E-state index contributed by atoms with van der Waals surface area (Å²) in [5, 5.41) is 4.60. The molecule has 1 aliphatic heterocycles. The number of aromatic nitrogens is 1. The predicted octanol–water partition coefficient (Wildman–Crippen LogP) is 0.956. The molecule has 0 saturated carbocycles. The summed E-state index contributed by atoms with van der Waals surface area (Å²) in [4.78, 5) is 27.3. The van der Waals surface area contributed by atoms with Crippen molar-refractivity contribution < 1.29 is 18.0 Å². The van der Waals surface area contributed by atoms with Gasteiger partial charge in [-0.25, -0.2) is 17.7 Å². The smallest absolute Gasteiger partial charge is 0.230 e. The normalized spacial score (nSPS) is 20.2. The van der Waals surface area contributed by atoms with Crippen molar-refractivity contribution in [3.63, 3.8) is 0 Å². The summed E-state index contributed by atoms with van der Waals surface area (Å²) in [7, 11) is -3.28. The van der Waals surface area contributed by atoms with Crippen molar-refractivity contribution in [3.8, 4) is 0 Å². The van der Waals surface area contributed by atoms with E-state index in [1.54, 1.807) is 5.38 Å². The molecule has 1 atom stereocenters. The maximum absolute atomic E-state index is 12.2. The minimum atomic E-state index is -3.28. The van der Waals surface area contributed by atoms with Gasteiger partial charge in [0.1, 0.15) is 5.69 Å². The molecule has 0 aliphatic carbocycles. The first-order valence-corrected chi connectivity index (χ1v) is 9.22. The molecule has 1 fully saturated rings. The number of amides is 1. The van der Waals surface area contributed by atoms with Crippen LogP contribution in [0, 0.1) is 5.92 Å². The van der Waals surface area contributed by atoms with Gasteiger partial charge in [0, 0.05) is 25.4 Å². The molecule has 1 aliphatic rings. The van der Waals surface area contributed by atoms with Gasteiger partial charge in [0.2, 0.25) is 15.9 Å². The van der Waals surface area contributed by atoms with Crippen LogP contribution in [-0.2, 0) is 14.8 Å². The van der Waals surface area contributed by atoms with Gasteiger partial charge in [-0.15, -0.1) is 11.3 Å². The van der Waals surface area contributed by atoms with E-state index >= 15 is 0 Å². The summed E-state index contributed by atoms with van der Waals surface area (Å²) in [6.45, 7) is 2.05. The Morgan fingerprint density at radius 1 is 1.48 bits per heavy atom. The molecule has 116 valence electrons. The van der Waals surface area contributed by atoms with Crippen molar-refractivity contribution in [3.05, 3.63) is 11.1 Å². The average molecular weight is 331 g/mol. The number of carbonyl (C=O) groups excluding carboxylic acids is 2. The van der Waals surface area contributed by atoms with Crippen LogP contribution in [0.3, 0.4) is 0 Å². The van der Waals surface area contributed by atoms with Gasteiger partial charge in [-0.05, 0) is 12.8 Å². The summed E-state index contributed by atoms with van der Waals surface area (Å²) in [5.41, 5.74) is 0.316. The Bertz CT molecular complexity index is 653. The average Bonchev–Trinajstić information content (AvgIpc) is 2.86. The fourth-order valence-corrected chi connectivity index (χ4v) is 3.82. The zero-order valence-corrected chi connectivity index (χ0v) is 13.5. The monoisotopic (exact) mass is 331 g/mol. The molecule has 1 saturated heterocycles. The van der Waals surface area contributed by atoms with E-state index in [1.807, 2.05) is 0 Å². The quantitative estimate of drug-likeness (QED) is 0.829. The lowest BCUT2D eigenvalue weighted by atomic mass is 9.99. The summed E-state index contributed by atoms with van der Waals surface area (Å²) >= 11 is 1.18. The van der Waals surface area contributed by atoms with Crippen molar-refractivity contribution in [2.24, 2.45) is 5.92 Å². The SMILES string of the molecule is CC(=O)c1csc(NC(=O)C2CCCN(S(C)(=O)=O)C2)n1. The molecule has 1 aromatic rings. The van der Waals surface area contributed by atoms with Crippen LogP contribution >= 0.6 is 11.3 Å². The highest BCUT2D eigenvalue weighted by molar-refractivity contribution is 7.88. The molecule has 0 bridgehead atoms. The third-order valence-electron chi connectivity index (χ3n) is 3.32. The molecule has 2 rings (SSSR count). The molecule has 0 spiro atoms. The highest BCUT2D eigenvalue weighted by Crippen LogP contribution is 2.22. The molecule has 0 radical (unpaired) electrons. The van der Waals surface area contributed by atoms with Crippen molar-refractivity contribution in [2.45, 2.75) is 19.8 Å². The Labute approximate surface area is 127 Å². The Hall–Kier alpha value is -1.32. The number of ketones is 1. The van der Waals surface area contributed by atoms with Crippen molar-refractivity contribution in [1.82, 2.24) is 9.29 Å². The standard InChI is InChI=1S/C12H17N3O4S2/c1-8(16)10-7-20-12(13-10)14-11(17)9-4-3-5-15(6-9)21(2,18)19/h7,9H,3-6H2,1-2H3,(H,13,14,17). The van der Waals surface area contributed by atoms with Gasteiger partial charge in [0.25, 0.3) is 0 Å². The van der Waals surface area contributed by atoms with E-state index in [0.717, 1.165) is 6.26 Å². The minimum Gasteiger partial charge on any atom is -0.302 e. The molecule has 1 N–H and O–H groups in total. The number of nitrogens with one attached hydrogen (secondary N) is 1. The minimum absolute atomic E-state index is 0.160. The lowest BCUT2D eigenvalue weighted by Gasteiger charge is -2.29. The Morgan fingerprint density at radius 3 is 2.76 bits per heavy atom. The molecular formula is C12H17N3O4S2. The van der Waals surface area contributed by atoms with Gasteiger partial charge in [-0.1, -0.05) is 0 Å². The number of carbonyl (C=O) groups is 2. The predicted molar refractivity (Wildman–Crippen MR) is 79.9 cm³/mol. The molecule has 9 heteroatoms. The Balaban J connectivity index is 2.01. The Kier molecular flexibility index (Phi) is 4.74. The van der Waals surface area contributed by atoms with Gasteiger partial charge < -0.3 is 5.32 Å². The van der Waals surface area contributed by atoms with Crippen LogP contribution in [0.5, 0.6) is 0 Å². The van der Waals surface area contributed by atoms with Crippen LogP contribution in [0.1, 0.15) is 30.3 Å². The highest BCUT2D eigenvalue weighted by atomic mass is 32.2. The van der Waals surface area contributed by atoms with E-state index < -0.39 is 15.9 Å². The van der Waals surface area contributed by atoms with Crippen molar-refractivity contribution in [2.75, 3.05) is 24.7 Å². The largest absolute Gasteiger partial charge is 0.302 e. The van der Waals surface area contributed by atoms with Crippen molar-refractivity contribution >= 4 is 38.2 Å². The van der Waals surface area contributed by atoms with E-state index in [9.17, 15) is 18.0 Å². The van der Waals surface area contributed by atoms with E-state index in [1.165, 1.54) is 22.6 Å². The van der Waals surface area contributed by atoms with Crippen LogP contribution in [0.15, 0.2) is 5.38 Å². The number of hydrogen-bond acceptors (Lipinski definition) is 6. The van der Waals surface area contributed by atoms with Crippen LogP contribution < -0.4 is 5.32 Å². The number of rotatable bonds is 4. The van der Waals surface area contributed by atoms with Gasteiger partial charge in [-0.2, -0.15) is 0 Å². The van der Waals surface area contributed by atoms with E-state index in [-0.39, 0.29) is 18.2 Å². The molecule has 2 heterocycles. The molecular weight excluding hydrogens is 314 g/mol. The lowest BCUT2D eigenvalue weighted by Crippen LogP contribution is -2.43. The maximum atomic E-state index is 12.2. The maximum Gasteiger partial charge on any atom is 0.230 e. The number of piperidine rings is 1. The fourth-order valence-electron chi connectivity index (χ4n) is 2.16. The second-order valence-electron chi connectivity index (χ2n) is 5.04. The summed E-state index contributed by atoms with van der Waals surface area (Å²) in [6.07, 6.45) is 2.44. The number of Topliss-reactive ketones (excluding diaryl/α,β-unsaturated/α-hetero) is 1. The van der Waals surface area contributed by atoms with Crippen LogP contribution in [-0.4, -0.2) is 48.7 Å². The number of sulfonamides is 1. The molecule has 21 heavy (non-hydrogen) atoms. The second kappa shape index (κ2) is 6.20. The molecule has 1 unspecified atom stereocenters. The summed E-state index contributed by atoms with van der Waals surface area (Å²) < 4.78 is 24.4. The van der Waals surface area contributed by atoms with Crippen LogP contribution in [0.2, 0.25) is 0 Å². The first kappa shape index (κ1) is 16.1. The third-order valence-corrected chi connectivity index (χ3v) is 5.35. The van der Waals surface area contributed by atoms with E-state index in [2.05, 4.69) is 10.3 Å². The first-order valence-electron chi connectivity index (χ1n) is 6.50. The number of thiazole rings is 1. The first-order chi connectivity index (χ1) is 9.77. The summed E-state index contributed by atoms with van der Waals surface area (Å²) in [5.74, 6) is -0.807.